The molecule has 3 nitrogen and oxygen atoms in total. The monoisotopic (exact) mass is 320 g/mol. The van der Waals surface area contributed by atoms with E-state index in [0.717, 1.165) is 32.1 Å². The van der Waals surface area contributed by atoms with Crippen molar-refractivity contribution in [2.75, 3.05) is 0 Å². The van der Waals surface area contributed by atoms with E-state index < -0.39 is 11.4 Å². The van der Waals surface area contributed by atoms with Crippen molar-refractivity contribution in [3.05, 3.63) is 11.6 Å². The molecule has 6 atom stereocenters. The van der Waals surface area contributed by atoms with Crippen LogP contribution in [0.2, 0.25) is 0 Å². The maximum absolute atomic E-state index is 10.3. The van der Waals surface area contributed by atoms with Crippen LogP contribution in [0.4, 0.5) is 0 Å². The Morgan fingerprint density at radius 2 is 1.83 bits per heavy atom. The fourth-order valence-electron chi connectivity index (χ4n) is 7.38. The molecule has 0 amide bonds. The van der Waals surface area contributed by atoms with Gasteiger partial charge in [0.05, 0.1) is 5.41 Å². The van der Waals surface area contributed by atoms with E-state index in [4.69, 9.17) is 0 Å². The van der Waals surface area contributed by atoms with Gasteiger partial charge in [-0.3, -0.25) is 0 Å². The Bertz CT molecular complexity index is 519. The minimum Gasteiger partial charge on any atom is -0.343 e. The van der Waals surface area contributed by atoms with Crippen LogP contribution in [0.25, 0.3) is 0 Å². The summed E-state index contributed by atoms with van der Waals surface area (Å²) in [5.41, 5.74) is 1.28. The summed E-state index contributed by atoms with van der Waals surface area (Å²) in [6, 6.07) is 0. The van der Waals surface area contributed by atoms with Gasteiger partial charge in [-0.25, -0.2) is 0 Å². The van der Waals surface area contributed by atoms with Crippen molar-refractivity contribution in [3.8, 4) is 0 Å². The highest BCUT2D eigenvalue weighted by molar-refractivity contribution is 5.24. The minimum atomic E-state index is -2.53. The van der Waals surface area contributed by atoms with Crippen LogP contribution >= 0.6 is 0 Å². The van der Waals surface area contributed by atoms with E-state index in [-0.39, 0.29) is 11.8 Å². The van der Waals surface area contributed by atoms with Gasteiger partial charge in [-0.05, 0) is 80.5 Å². The number of hydrogen-bond donors (Lipinski definition) is 3. The molecule has 0 aromatic heterocycles. The van der Waals surface area contributed by atoms with E-state index in [2.05, 4.69) is 19.9 Å². The molecular formula is C20H32O3. The Labute approximate surface area is 139 Å². The maximum Gasteiger partial charge on any atom is 0.281 e. The van der Waals surface area contributed by atoms with Crippen molar-refractivity contribution in [2.24, 2.45) is 34.5 Å². The Kier molecular flexibility index (Phi) is 3.54. The van der Waals surface area contributed by atoms with E-state index >= 15 is 0 Å². The fourth-order valence-corrected chi connectivity index (χ4v) is 7.38. The Balaban J connectivity index is 1.73. The molecule has 3 N–H and O–H groups in total. The normalized spacial score (nSPS) is 49.9. The molecule has 4 aliphatic rings. The first-order valence-corrected chi connectivity index (χ1v) is 9.67. The highest BCUT2D eigenvalue weighted by Gasteiger charge is 2.66. The van der Waals surface area contributed by atoms with Crippen LogP contribution in [0.1, 0.15) is 71.6 Å². The van der Waals surface area contributed by atoms with Crippen LogP contribution in [0.15, 0.2) is 11.6 Å². The predicted octanol–water partition coefficient (Wildman–Crippen LogP) is 3.59. The molecule has 130 valence electrons. The second-order valence-electron chi connectivity index (χ2n) is 9.16. The van der Waals surface area contributed by atoms with Gasteiger partial charge in [-0.15, -0.1) is 0 Å². The van der Waals surface area contributed by atoms with E-state index in [1.807, 2.05) is 0 Å². The lowest BCUT2D eigenvalue weighted by molar-refractivity contribution is -0.400. The van der Waals surface area contributed by atoms with E-state index in [1.165, 1.54) is 25.7 Å². The highest BCUT2D eigenvalue weighted by atomic mass is 16.7. The quantitative estimate of drug-likeness (QED) is 0.511. The molecule has 0 bridgehead atoms. The van der Waals surface area contributed by atoms with Gasteiger partial charge in [0.1, 0.15) is 0 Å². The summed E-state index contributed by atoms with van der Waals surface area (Å²) in [6.07, 6.45) is 12.6. The highest BCUT2D eigenvalue weighted by Crippen LogP contribution is 2.68. The Morgan fingerprint density at radius 1 is 1.04 bits per heavy atom. The van der Waals surface area contributed by atoms with Gasteiger partial charge >= 0.3 is 0 Å². The van der Waals surface area contributed by atoms with Crippen molar-refractivity contribution in [1.82, 2.24) is 0 Å². The topological polar surface area (TPSA) is 60.7 Å². The Hall–Kier alpha value is -0.380. The number of fused-ring (bicyclic) bond motifs is 5. The molecule has 4 aliphatic carbocycles. The van der Waals surface area contributed by atoms with Crippen LogP contribution in [-0.4, -0.2) is 21.3 Å². The number of allylic oxidation sites excluding steroid dienone is 2. The zero-order valence-electron chi connectivity index (χ0n) is 14.6. The lowest BCUT2D eigenvalue weighted by Gasteiger charge is -2.59. The third-order valence-electron chi connectivity index (χ3n) is 8.56. The summed E-state index contributed by atoms with van der Waals surface area (Å²) in [4.78, 5) is 0. The molecule has 3 fully saturated rings. The second-order valence-corrected chi connectivity index (χ2v) is 9.16. The molecule has 23 heavy (non-hydrogen) atoms. The molecule has 4 rings (SSSR count). The smallest absolute Gasteiger partial charge is 0.281 e. The van der Waals surface area contributed by atoms with Crippen LogP contribution in [0.5, 0.6) is 0 Å². The average Bonchev–Trinajstić information content (AvgIpc) is 2.85. The summed E-state index contributed by atoms with van der Waals surface area (Å²) in [7, 11) is 0. The molecule has 0 unspecified atom stereocenters. The van der Waals surface area contributed by atoms with Crippen LogP contribution < -0.4 is 0 Å². The average molecular weight is 320 g/mol. The number of rotatable bonds is 1. The molecule has 0 heterocycles. The zero-order valence-corrected chi connectivity index (χ0v) is 14.6. The van der Waals surface area contributed by atoms with Gasteiger partial charge < -0.3 is 15.3 Å². The molecular weight excluding hydrogens is 288 g/mol. The van der Waals surface area contributed by atoms with Crippen molar-refractivity contribution in [1.29, 1.82) is 0 Å². The van der Waals surface area contributed by atoms with Crippen LogP contribution in [0.3, 0.4) is 0 Å². The second kappa shape index (κ2) is 5.06. The molecule has 0 aliphatic heterocycles. The molecule has 0 spiro atoms. The fraction of sp³-hybridized carbons (Fsp3) is 0.900. The van der Waals surface area contributed by atoms with E-state index in [0.29, 0.717) is 17.3 Å². The molecule has 0 aromatic carbocycles. The third-order valence-corrected chi connectivity index (χ3v) is 8.56. The first kappa shape index (κ1) is 16.1. The molecule has 3 saturated carbocycles. The summed E-state index contributed by atoms with van der Waals surface area (Å²) >= 11 is 0. The van der Waals surface area contributed by atoms with Gasteiger partial charge in [-0.2, -0.15) is 0 Å². The number of hydrogen-bond acceptors (Lipinski definition) is 3. The van der Waals surface area contributed by atoms with Crippen LogP contribution in [0, 0.1) is 34.5 Å². The van der Waals surface area contributed by atoms with Gasteiger partial charge in [0.25, 0.3) is 5.97 Å². The SMILES string of the molecule is C[C@@H]1CC[C@H]2[C@@H]3CC=C4CCCC[C@]4(C)[C@H]3CC[C@]12C(O)(O)O. The third kappa shape index (κ3) is 1.99. The molecule has 0 radical (unpaired) electrons. The summed E-state index contributed by atoms with van der Waals surface area (Å²) in [6.45, 7) is 4.56. The van der Waals surface area contributed by atoms with Gasteiger partial charge in [0.15, 0.2) is 0 Å². The van der Waals surface area contributed by atoms with Gasteiger partial charge in [-0.1, -0.05) is 31.9 Å². The predicted molar refractivity (Wildman–Crippen MR) is 89.2 cm³/mol. The van der Waals surface area contributed by atoms with Crippen LogP contribution in [-0.2, 0) is 0 Å². The first-order chi connectivity index (χ1) is 10.8. The molecule has 0 saturated heterocycles. The molecule has 3 heteroatoms. The lowest BCUT2D eigenvalue weighted by Crippen LogP contribution is -2.60. The van der Waals surface area contributed by atoms with E-state index in [1.54, 1.807) is 5.57 Å². The van der Waals surface area contributed by atoms with Crippen molar-refractivity contribution in [3.63, 3.8) is 0 Å². The zero-order chi connectivity index (χ0) is 16.5. The van der Waals surface area contributed by atoms with E-state index in [9.17, 15) is 15.3 Å². The standard InChI is InChI=1S/C20H32O3/c1-13-6-9-17-15-8-7-14-5-3-4-11-18(14,2)16(15)10-12-19(13,17)20(21,22)23/h7,13,15-17,21-23H,3-6,8-12H2,1-2H3/t13-,15-,16+,17+,18+,19+/m1/s1. The van der Waals surface area contributed by atoms with Gasteiger partial charge in [0, 0.05) is 0 Å². The summed E-state index contributed by atoms with van der Waals surface area (Å²) in [5, 5.41) is 30.8. The lowest BCUT2D eigenvalue weighted by atomic mass is 9.46. The largest absolute Gasteiger partial charge is 0.343 e. The molecule has 0 aromatic rings. The number of aliphatic hydroxyl groups is 3. The minimum absolute atomic E-state index is 0.179. The first-order valence-electron chi connectivity index (χ1n) is 9.67. The Morgan fingerprint density at radius 3 is 2.57 bits per heavy atom. The maximum atomic E-state index is 10.3. The van der Waals surface area contributed by atoms with Crippen molar-refractivity contribution >= 4 is 0 Å². The summed E-state index contributed by atoms with van der Waals surface area (Å²) in [5.74, 6) is -0.943. The van der Waals surface area contributed by atoms with Gasteiger partial charge in [0.2, 0.25) is 0 Å². The van der Waals surface area contributed by atoms with Crippen molar-refractivity contribution in [2.45, 2.75) is 77.6 Å². The summed E-state index contributed by atoms with van der Waals surface area (Å²) < 4.78 is 0. The van der Waals surface area contributed by atoms with Crippen molar-refractivity contribution < 1.29 is 15.3 Å².